The van der Waals surface area contributed by atoms with Gasteiger partial charge in [0.1, 0.15) is 36.7 Å². The third-order valence-corrected chi connectivity index (χ3v) is 4.15. The van der Waals surface area contributed by atoms with Gasteiger partial charge in [0, 0.05) is 0 Å². The van der Waals surface area contributed by atoms with Crippen LogP contribution in [0.15, 0.2) is 18.5 Å². The Balaban J connectivity index is 1.45. The molecule has 0 saturated carbocycles. The van der Waals surface area contributed by atoms with Crippen LogP contribution in [0.5, 0.6) is 0 Å². The van der Waals surface area contributed by atoms with E-state index in [2.05, 4.69) is 15.4 Å². The highest BCUT2D eigenvalue weighted by atomic mass is 16.6. The van der Waals surface area contributed by atoms with Crippen molar-refractivity contribution in [3.05, 3.63) is 24.2 Å². The molecule has 2 aromatic rings. The fraction of sp³-hybridized carbons (Fsp3) is 0.556. The third-order valence-electron chi connectivity index (χ3n) is 4.15. The van der Waals surface area contributed by atoms with Crippen LogP contribution in [0.4, 0.5) is 10.6 Å². The molecule has 3 heterocycles. The van der Waals surface area contributed by atoms with Gasteiger partial charge in [-0.1, -0.05) is 0 Å². The van der Waals surface area contributed by atoms with Crippen molar-refractivity contribution < 1.29 is 23.8 Å². The van der Waals surface area contributed by atoms with E-state index in [0.29, 0.717) is 5.82 Å². The van der Waals surface area contributed by atoms with Gasteiger partial charge in [-0.25, -0.2) is 14.3 Å². The average molecular weight is 391 g/mol. The molecule has 0 aromatic carbocycles. The van der Waals surface area contributed by atoms with Crippen LogP contribution in [0, 0.1) is 0 Å². The largest absolute Gasteiger partial charge is 0.462 e. The highest BCUT2D eigenvalue weighted by Gasteiger charge is 2.30. The lowest BCUT2D eigenvalue weighted by molar-refractivity contribution is -0.146. The minimum atomic E-state index is -0.664. The quantitative estimate of drug-likeness (QED) is 0.735. The van der Waals surface area contributed by atoms with Crippen LogP contribution in [0.2, 0.25) is 0 Å². The molecule has 3 rings (SSSR count). The molecule has 1 aliphatic heterocycles. The zero-order valence-electron chi connectivity index (χ0n) is 16.2. The number of fused-ring (bicyclic) bond motifs is 1. The number of rotatable bonds is 5. The number of ether oxygens (including phenoxy) is 3. The van der Waals surface area contributed by atoms with E-state index in [1.165, 1.54) is 6.33 Å². The number of carbonyl (C=O) groups excluding carboxylic acids is 2. The second kappa shape index (κ2) is 8.01. The number of hydrogen-bond donors (Lipinski definition) is 2. The number of nitrogens with two attached hydrogens (primary N) is 1. The first kappa shape index (κ1) is 19.9. The van der Waals surface area contributed by atoms with Crippen molar-refractivity contribution in [1.82, 2.24) is 19.9 Å². The van der Waals surface area contributed by atoms with Crippen molar-refractivity contribution in [2.24, 2.45) is 0 Å². The molecule has 0 spiro atoms. The fourth-order valence-electron chi connectivity index (χ4n) is 2.96. The predicted molar refractivity (Wildman–Crippen MR) is 99.4 cm³/mol. The standard InChI is InChI=1S/C18H25N5O5/c1-18(2,3)28-17(25)20-8-15(24)26-9-11-4-7-14(27-11)12-5-6-13-16(19)21-10-22-23(12)13/h5-6,10-11,14H,4,7-9H2,1-3H3,(H,20,25)(H2,19,21,22). The summed E-state index contributed by atoms with van der Waals surface area (Å²) in [6.45, 7) is 5.09. The van der Waals surface area contributed by atoms with Crippen LogP contribution >= 0.6 is 0 Å². The maximum Gasteiger partial charge on any atom is 0.408 e. The molecule has 152 valence electrons. The van der Waals surface area contributed by atoms with E-state index in [-0.39, 0.29) is 25.4 Å². The van der Waals surface area contributed by atoms with E-state index in [1.807, 2.05) is 12.1 Å². The highest BCUT2D eigenvalue weighted by Crippen LogP contribution is 2.33. The minimum absolute atomic E-state index is 0.117. The number of alkyl carbamates (subject to hydrolysis) is 1. The maximum absolute atomic E-state index is 11.8. The molecular formula is C18H25N5O5. The van der Waals surface area contributed by atoms with Crippen molar-refractivity contribution in [3.8, 4) is 0 Å². The van der Waals surface area contributed by atoms with Gasteiger partial charge in [0.25, 0.3) is 0 Å². The minimum Gasteiger partial charge on any atom is -0.462 e. The number of nitrogens with one attached hydrogen (secondary N) is 1. The molecule has 1 amide bonds. The lowest BCUT2D eigenvalue weighted by Crippen LogP contribution is -2.36. The van der Waals surface area contributed by atoms with E-state index in [4.69, 9.17) is 19.9 Å². The van der Waals surface area contributed by atoms with Gasteiger partial charge in [-0.05, 0) is 45.7 Å². The molecule has 3 N–H and O–H groups in total. The summed E-state index contributed by atoms with van der Waals surface area (Å²) in [5.74, 6) is -0.145. The summed E-state index contributed by atoms with van der Waals surface area (Å²) < 4.78 is 18.0. The predicted octanol–water partition coefficient (Wildman–Crippen LogP) is 1.60. The molecule has 10 nitrogen and oxygen atoms in total. The van der Waals surface area contributed by atoms with E-state index >= 15 is 0 Å². The number of nitrogen functional groups attached to an aromatic ring is 1. The van der Waals surface area contributed by atoms with Crippen molar-refractivity contribution in [3.63, 3.8) is 0 Å². The Hall–Kier alpha value is -2.88. The number of hydrogen-bond acceptors (Lipinski definition) is 8. The Morgan fingerprint density at radius 3 is 2.89 bits per heavy atom. The number of nitrogens with zero attached hydrogens (tertiary/aromatic N) is 3. The summed E-state index contributed by atoms with van der Waals surface area (Å²) in [5.41, 5.74) is 6.83. The summed E-state index contributed by atoms with van der Waals surface area (Å²) in [6.07, 6.45) is 1.86. The first-order valence-corrected chi connectivity index (χ1v) is 9.09. The Labute approximate surface area is 162 Å². The van der Waals surface area contributed by atoms with Gasteiger partial charge in [-0.15, -0.1) is 0 Å². The number of anilines is 1. The molecular weight excluding hydrogens is 366 g/mol. The highest BCUT2D eigenvalue weighted by molar-refractivity contribution is 5.78. The van der Waals surface area contributed by atoms with E-state index in [0.717, 1.165) is 24.1 Å². The van der Waals surface area contributed by atoms with Crippen LogP contribution in [0.1, 0.15) is 45.4 Å². The average Bonchev–Trinajstić information content (AvgIpc) is 3.24. The molecule has 0 aliphatic carbocycles. The Bertz CT molecular complexity index is 860. The van der Waals surface area contributed by atoms with E-state index < -0.39 is 17.7 Å². The Morgan fingerprint density at radius 2 is 2.14 bits per heavy atom. The molecule has 2 unspecified atom stereocenters. The Morgan fingerprint density at radius 1 is 1.36 bits per heavy atom. The van der Waals surface area contributed by atoms with Gasteiger partial charge < -0.3 is 25.3 Å². The molecule has 2 atom stereocenters. The summed E-state index contributed by atoms with van der Waals surface area (Å²) in [7, 11) is 0. The maximum atomic E-state index is 11.8. The topological polar surface area (TPSA) is 130 Å². The zero-order chi connectivity index (χ0) is 20.3. The number of esters is 1. The molecule has 28 heavy (non-hydrogen) atoms. The molecule has 1 aliphatic rings. The third kappa shape index (κ3) is 4.89. The molecule has 0 bridgehead atoms. The van der Waals surface area contributed by atoms with Gasteiger partial charge in [0.15, 0.2) is 5.82 Å². The summed E-state index contributed by atoms with van der Waals surface area (Å²) in [5, 5.41) is 6.59. The summed E-state index contributed by atoms with van der Waals surface area (Å²) in [6, 6.07) is 3.76. The summed E-state index contributed by atoms with van der Waals surface area (Å²) in [4.78, 5) is 27.3. The van der Waals surface area contributed by atoms with Crippen LogP contribution in [0.25, 0.3) is 5.52 Å². The molecule has 2 aromatic heterocycles. The lowest BCUT2D eigenvalue weighted by atomic mass is 10.1. The summed E-state index contributed by atoms with van der Waals surface area (Å²) >= 11 is 0. The van der Waals surface area contributed by atoms with Crippen molar-refractivity contribution in [2.45, 2.75) is 51.4 Å². The first-order chi connectivity index (χ1) is 13.2. The van der Waals surface area contributed by atoms with Gasteiger partial charge in [-0.3, -0.25) is 4.79 Å². The SMILES string of the molecule is CC(C)(C)OC(=O)NCC(=O)OCC1CCC(c2ccc3c(N)ncnn23)O1. The molecule has 0 radical (unpaired) electrons. The molecule has 1 saturated heterocycles. The zero-order valence-corrected chi connectivity index (χ0v) is 16.2. The van der Waals surface area contributed by atoms with Crippen LogP contribution in [-0.2, 0) is 19.0 Å². The second-order valence-corrected chi connectivity index (χ2v) is 7.56. The monoisotopic (exact) mass is 391 g/mol. The van der Waals surface area contributed by atoms with E-state index in [1.54, 1.807) is 25.3 Å². The van der Waals surface area contributed by atoms with Gasteiger partial charge in [0.05, 0.1) is 11.8 Å². The lowest BCUT2D eigenvalue weighted by Gasteiger charge is -2.19. The fourth-order valence-corrected chi connectivity index (χ4v) is 2.96. The van der Waals surface area contributed by atoms with Crippen molar-refractivity contribution in [1.29, 1.82) is 0 Å². The second-order valence-electron chi connectivity index (χ2n) is 7.56. The van der Waals surface area contributed by atoms with Gasteiger partial charge >= 0.3 is 12.1 Å². The number of aromatic nitrogens is 3. The van der Waals surface area contributed by atoms with E-state index in [9.17, 15) is 9.59 Å². The first-order valence-electron chi connectivity index (χ1n) is 9.09. The van der Waals surface area contributed by atoms with Gasteiger partial charge in [-0.2, -0.15) is 5.10 Å². The normalized spacial score (nSPS) is 19.5. The molecule has 1 fully saturated rings. The van der Waals surface area contributed by atoms with Gasteiger partial charge in [0.2, 0.25) is 0 Å². The Kier molecular flexibility index (Phi) is 5.68. The smallest absolute Gasteiger partial charge is 0.408 e. The van der Waals surface area contributed by atoms with Crippen molar-refractivity contribution >= 4 is 23.4 Å². The number of amides is 1. The number of carbonyl (C=O) groups is 2. The molecule has 10 heteroatoms. The van der Waals surface area contributed by atoms with Crippen LogP contribution in [0.3, 0.4) is 0 Å². The van der Waals surface area contributed by atoms with Crippen molar-refractivity contribution in [2.75, 3.05) is 18.9 Å². The van der Waals surface area contributed by atoms with Crippen LogP contribution < -0.4 is 11.1 Å². The van der Waals surface area contributed by atoms with Crippen LogP contribution in [-0.4, -0.2) is 51.5 Å².